The molecule has 1 N–H and O–H groups in total. The summed E-state index contributed by atoms with van der Waals surface area (Å²) in [6, 6.07) is 0. The van der Waals surface area contributed by atoms with Crippen LogP contribution in [0, 0.1) is 50.7 Å². The van der Waals surface area contributed by atoms with Gasteiger partial charge in [-0.3, -0.25) is 0 Å². The molecular weight excluding hydrogens is 364 g/mol. The van der Waals surface area contributed by atoms with Crippen LogP contribution in [0.15, 0.2) is 11.6 Å². The molecule has 1 nitrogen and oxygen atoms in total. The van der Waals surface area contributed by atoms with Gasteiger partial charge in [0, 0.05) is 0 Å². The Morgan fingerprint density at radius 3 is 2.30 bits per heavy atom. The van der Waals surface area contributed by atoms with Gasteiger partial charge in [-0.1, -0.05) is 66.5 Å². The lowest BCUT2D eigenvalue weighted by Crippen LogP contribution is -2.64. The van der Waals surface area contributed by atoms with Crippen molar-refractivity contribution in [3.8, 4) is 0 Å². The van der Waals surface area contributed by atoms with Crippen LogP contribution in [0.5, 0.6) is 0 Å². The van der Waals surface area contributed by atoms with Crippen molar-refractivity contribution in [2.24, 2.45) is 50.7 Å². The van der Waals surface area contributed by atoms with Crippen molar-refractivity contribution in [1.29, 1.82) is 0 Å². The fourth-order valence-corrected chi connectivity index (χ4v) is 10.4. The largest absolute Gasteiger partial charge is 0.393 e. The molecule has 30 heavy (non-hydrogen) atoms. The second kappa shape index (κ2) is 6.39. The number of aliphatic hydroxyl groups is 1. The van der Waals surface area contributed by atoms with Crippen molar-refractivity contribution in [1.82, 2.24) is 0 Å². The van der Waals surface area contributed by atoms with Gasteiger partial charge < -0.3 is 5.11 Å². The summed E-state index contributed by atoms with van der Waals surface area (Å²) in [5.41, 5.74) is 3.68. The minimum Gasteiger partial charge on any atom is -0.393 e. The Morgan fingerprint density at radius 2 is 1.57 bits per heavy atom. The molecular formula is C29H48O. The first kappa shape index (κ1) is 21.5. The molecule has 0 saturated heterocycles. The Hall–Kier alpha value is -0.300. The summed E-state index contributed by atoms with van der Waals surface area (Å²) in [6.45, 7) is 17.9. The summed E-state index contributed by atoms with van der Waals surface area (Å²) in [6.07, 6.45) is 16.0. The summed E-state index contributed by atoms with van der Waals surface area (Å²) in [4.78, 5) is 0. The fourth-order valence-electron chi connectivity index (χ4n) is 10.4. The summed E-state index contributed by atoms with van der Waals surface area (Å²) in [5, 5.41) is 10.9. The van der Waals surface area contributed by atoms with Gasteiger partial charge in [-0.25, -0.2) is 0 Å². The standard InChI is InChI=1S/C29H48O/c1-19-10-13-26(4)16-17-28(6)20(21(26)18-19)8-9-23-27(5)14-12-24(30)25(2,3)22(27)11-15-29(23,28)7/h8,19,21-24,30H,9-18H2,1-7H3/t19-,21+,22+,23-,24+,26-,27+,28-,29-/m1/s1. The normalized spacial score (nSPS) is 57.3. The van der Waals surface area contributed by atoms with Crippen molar-refractivity contribution in [2.45, 2.75) is 119 Å². The van der Waals surface area contributed by atoms with Crippen LogP contribution in [0.4, 0.5) is 0 Å². The van der Waals surface area contributed by atoms with E-state index in [9.17, 15) is 5.11 Å². The minimum absolute atomic E-state index is 0.0587. The molecule has 4 fully saturated rings. The molecule has 9 atom stereocenters. The highest BCUT2D eigenvalue weighted by Gasteiger charge is 2.67. The summed E-state index contributed by atoms with van der Waals surface area (Å²) in [7, 11) is 0. The molecule has 0 aromatic carbocycles. The molecule has 0 radical (unpaired) electrons. The lowest BCUT2D eigenvalue weighted by atomic mass is 9.34. The van der Waals surface area contributed by atoms with Gasteiger partial charge in [0.05, 0.1) is 6.10 Å². The third-order valence-electron chi connectivity index (χ3n) is 12.8. The van der Waals surface area contributed by atoms with Crippen molar-refractivity contribution in [2.75, 3.05) is 0 Å². The van der Waals surface area contributed by atoms with Crippen molar-refractivity contribution < 1.29 is 5.11 Å². The zero-order chi connectivity index (χ0) is 21.7. The van der Waals surface area contributed by atoms with E-state index in [0.29, 0.717) is 27.6 Å². The summed E-state index contributed by atoms with van der Waals surface area (Å²) in [5.74, 6) is 3.15. The van der Waals surface area contributed by atoms with Crippen molar-refractivity contribution >= 4 is 0 Å². The number of hydrogen-bond donors (Lipinski definition) is 1. The SMILES string of the molecule is C[C@@H]1CC[C@]2(C)CC[C@]3(C)C(=CC[C@@H]4[C@@]5(C)CC[C@H](O)C(C)(C)[C@@H]5CC[C@]43C)[C@@H]2C1. The molecule has 0 amide bonds. The smallest absolute Gasteiger partial charge is 0.0594 e. The molecule has 170 valence electrons. The van der Waals surface area contributed by atoms with E-state index in [1.165, 1.54) is 57.8 Å². The summed E-state index contributed by atoms with van der Waals surface area (Å²) >= 11 is 0. The van der Waals surface area contributed by atoms with Crippen molar-refractivity contribution in [3.63, 3.8) is 0 Å². The quantitative estimate of drug-likeness (QED) is 0.403. The molecule has 0 aromatic heterocycles. The van der Waals surface area contributed by atoms with E-state index < -0.39 is 0 Å². The van der Waals surface area contributed by atoms with Gasteiger partial charge in [-0.05, 0) is 109 Å². The van der Waals surface area contributed by atoms with E-state index in [-0.39, 0.29) is 11.5 Å². The predicted molar refractivity (Wildman–Crippen MR) is 126 cm³/mol. The van der Waals surface area contributed by atoms with Gasteiger partial charge in [-0.15, -0.1) is 0 Å². The Balaban J connectivity index is 1.57. The van der Waals surface area contributed by atoms with Crippen LogP contribution in [-0.4, -0.2) is 11.2 Å². The highest BCUT2D eigenvalue weighted by Crippen LogP contribution is 2.75. The molecule has 4 saturated carbocycles. The van der Waals surface area contributed by atoms with E-state index >= 15 is 0 Å². The number of allylic oxidation sites excluding steroid dienone is 2. The highest BCUT2D eigenvalue weighted by atomic mass is 16.3. The van der Waals surface area contributed by atoms with Gasteiger partial charge in [-0.2, -0.15) is 0 Å². The van der Waals surface area contributed by atoms with E-state index in [2.05, 4.69) is 54.5 Å². The van der Waals surface area contributed by atoms with Crippen LogP contribution in [-0.2, 0) is 0 Å². The Morgan fingerprint density at radius 1 is 0.833 bits per heavy atom. The molecule has 5 aliphatic carbocycles. The van der Waals surface area contributed by atoms with Gasteiger partial charge in [0.15, 0.2) is 0 Å². The molecule has 0 heterocycles. The van der Waals surface area contributed by atoms with Crippen LogP contribution >= 0.6 is 0 Å². The zero-order valence-electron chi connectivity index (χ0n) is 21.0. The second-order valence-corrected chi connectivity index (χ2v) is 14.3. The van der Waals surface area contributed by atoms with Gasteiger partial charge >= 0.3 is 0 Å². The molecule has 0 spiro atoms. The van der Waals surface area contributed by atoms with Crippen LogP contribution in [0.25, 0.3) is 0 Å². The molecule has 0 aliphatic heterocycles. The molecule has 5 aliphatic rings. The van der Waals surface area contributed by atoms with Gasteiger partial charge in [0.1, 0.15) is 0 Å². The summed E-state index contributed by atoms with van der Waals surface area (Å²) < 4.78 is 0. The molecule has 0 aromatic rings. The Kier molecular flexibility index (Phi) is 4.59. The third kappa shape index (κ3) is 2.51. The lowest BCUT2D eigenvalue weighted by molar-refractivity contribution is -0.202. The van der Waals surface area contributed by atoms with Crippen LogP contribution in [0.3, 0.4) is 0 Å². The van der Waals surface area contributed by atoms with Crippen LogP contribution in [0.2, 0.25) is 0 Å². The average molecular weight is 413 g/mol. The number of rotatable bonds is 0. The first-order valence-electron chi connectivity index (χ1n) is 13.3. The zero-order valence-corrected chi connectivity index (χ0v) is 21.0. The van der Waals surface area contributed by atoms with Crippen LogP contribution in [0.1, 0.15) is 113 Å². The number of hydrogen-bond acceptors (Lipinski definition) is 1. The fraction of sp³-hybridized carbons (Fsp3) is 0.931. The highest BCUT2D eigenvalue weighted by molar-refractivity contribution is 5.33. The van der Waals surface area contributed by atoms with Crippen LogP contribution < -0.4 is 0 Å². The number of fused-ring (bicyclic) bond motifs is 7. The van der Waals surface area contributed by atoms with Gasteiger partial charge in [0.2, 0.25) is 0 Å². The van der Waals surface area contributed by atoms with E-state index in [0.717, 1.165) is 24.2 Å². The average Bonchev–Trinajstić information content (AvgIpc) is 2.67. The topological polar surface area (TPSA) is 20.2 Å². The molecule has 0 bridgehead atoms. The van der Waals surface area contributed by atoms with E-state index in [1.54, 1.807) is 0 Å². The van der Waals surface area contributed by atoms with E-state index in [1.807, 2.05) is 5.57 Å². The maximum atomic E-state index is 10.9. The first-order valence-corrected chi connectivity index (χ1v) is 13.3. The Labute approximate surface area is 186 Å². The predicted octanol–water partition coefficient (Wildman–Crippen LogP) is 7.78. The molecule has 1 heteroatoms. The van der Waals surface area contributed by atoms with E-state index in [4.69, 9.17) is 0 Å². The monoisotopic (exact) mass is 412 g/mol. The second-order valence-electron chi connectivity index (χ2n) is 14.3. The molecule has 0 unspecified atom stereocenters. The number of aliphatic hydroxyl groups excluding tert-OH is 1. The first-order chi connectivity index (χ1) is 13.9. The third-order valence-corrected chi connectivity index (χ3v) is 12.8. The Bertz CT molecular complexity index is 749. The maximum absolute atomic E-state index is 10.9. The van der Waals surface area contributed by atoms with Gasteiger partial charge in [0.25, 0.3) is 0 Å². The van der Waals surface area contributed by atoms with Crippen molar-refractivity contribution in [3.05, 3.63) is 11.6 Å². The minimum atomic E-state index is -0.121. The maximum Gasteiger partial charge on any atom is 0.0594 e. The lowest BCUT2D eigenvalue weighted by Gasteiger charge is -2.71. The molecule has 5 rings (SSSR count).